The Bertz CT molecular complexity index is 200. The van der Waals surface area contributed by atoms with Crippen molar-refractivity contribution in [3.8, 4) is 0 Å². The first kappa shape index (κ1) is 9.03. The van der Waals surface area contributed by atoms with Crippen LogP contribution in [-0.2, 0) is 9.53 Å². The molecule has 0 radical (unpaired) electrons. The van der Waals surface area contributed by atoms with Gasteiger partial charge in [0.05, 0.1) is 6.54 Å². The standard InChI is InChI=1S/C8H13NO3/c1-2-7-9-5-6(12-7)3-4-8(10)11/h6H,2-5H2,1H3,(H,10,11). The Morgan fingerprint density at radius 3 is 3.08 bits per heavy atom. The van der Waals surface area contributed by atoms with Crippen LogP contribution in [-0.4, -0.2) is 29.6 Å². The second-order valence-electron chi connectivity index (χ2n) is 2.76. The number of aliphatic carboxylic acids is 1. The molecule has 1 rings (SSSR count). The fourth-order valence-electron chi connectivity index (χ4n) is 1.10. The molecule has 4 nitrogen and oxygen atoms in total. The second-order valence-corrected chi connectivity index (χ2v) is 2.76. The summed E-state index contributed by atoms with van der Waals surface area (Å²) < 4.78 is 5.35. The van der Waals surface area contributed by atoms with Crippen molar-refractivity contribution in [2.45, 2.75) is 32.3 Å². The Balaban J connectivity index is 2.18. The van der Waals surface area contributed by atoms with E-state index in [0.717, 1.165) is 12.3 Å². The van der Waals surface area contributed by atoms with Gasteiger partial charge in [0.1, 0.15) is 6.10 Å². The third-order valence-electron chi connectivity index (χ3n) is 1.76. The van der Waals surface area contributed by atoms with E-state index in [9.17, 15) is 4.79 Å². The van der Waals surface area contributed by atoms with Crippen LogP contribution >= 0.6 is 0 Å². The van der Waals surface area contributed by atoms with Crippen molar-refractivity contribution < 1.29 is 14.6 Å². The minimum Gasteiger partial charge on any atom is -0.481 e. The van der Waals surface area contributed by atoms with Gasteiger partial charge in [-0.1, -0.05) is 6.92 Å². The maximum Gasteiger partial charge on any atom is 0.303 e. The number of aliphatic imine (C=N–C) groups is 1. The van der Waals surface area contributed by atoms with Gasteiger partial charge < -0.3 is 9.84 Å². The van der Waals surface area contributed by atoms with Crippen molar-refractivity contribution >= 4 is 11.9 Å². The van der Waals surface area contributed by atoms with E-state index in [1.54, 1.807) is 0 Å². The average Bonchev–Trinajstić information content (AvgIpc) is 2.48. The Kier molecular flexibility index (Phi) is 3.08. The van der Waals surface area contributed by atoms with Crippen molar-refractivity contribution in [1.29, 1.82) is 0 Å². The lowest BCUT2D eigenvalue weighted by Gasteiger charge is -2.08. The van der Waals surface area contributed by atoms with E-state index < -0.39 is 5.97 Å². The third-order valence-corrected chi connectivity index (χ3v) is 1.76. The fraction of sp³-hybridized carbons (Fsp3) is 0.750. The van der Waals surface area contributed by atoms with Crippen molar-refractivity contribution in [3.05, 3.63) is 0 Å². The highest BCUT2D eigenvalue weighted by molar-refractivity contribution is 5.77. The van der Waals surface area contributed by atoms with Crippen LogP contribution in [0.15, 0.2) is 4.99 Å². The Labute approximate surface area is 71.3 Å². The zero-order chi connectivity index (χ0) is 8.97. The van der Waals surface area contributed by atoms with E-state index >= 15 is 0 Å². The molecule has 1 atom stereocenters. The summed E-state index contributed by atoms with van der Waals surface area (Å²) in [6.07, 6.45) is 1.51. The molecule has 0 amide bonds. The molecule has 1 N–H and O–H groups in total. The highest BCUT2D eigenvalue weighted by Gasteiger charge is 2.18. The molecule has 0 saturated carbocycles. The largest absolute Gasteiger partial charge is 0.481 e. The highest BCUT2D eigenvalue weighted by Crippen LogP contribution is 2.11. The molecule has 12 heavy (non-hydrogen) atoms. The van der Waals surface area contributed by atoms with Gasteiger partial charge in [-0.15, -0.1) is 0 Å². The van der Waals surface area contributed by atoms with Crippen LogP contribution in [0.4, 0.5) is 0 Å². The van der Waals surface area contributed by atoms with Gasteiger partial charge >= 0.3 is 5.97 Å². The molecule has 0 aliphatic carbocycles. The van der Waals surface area contributed by atoms with Gasteiger partial charge in [0, 0.05) is 12.8 Å². The van der Waals surface area contributed by atoms with Crippen LogP contribution in [0.3, 0.4) is 0 Å². The van der Waals surface area contributed by atoms with Crippen LogP contribution in [0.25, 0.3) is 0 Å². The summed E-state index contributed by atoms with van der Waals surface area (Å²) in [4.78, 5) is 14.3. The number of ether oxygens (including phenoxy) is 1. The number of carboxylic acids is 1. The third kappa shape index (κ3) is 2.53. The zero-order valence-corrected chi connectivity index (χ0v) is 7.12. The summed E-state index contributed by atoms with van der Waals surface area (Å²) in [6, 6.07) is 0. The first-order chi connectivity index (χ1) is 5.72. The summed E-state index contributed by atoms with van der Waals surface area (Å²) >= 11 is 0. The van der Waals surface area contributed by atoms with E-state index in [1.165, 1.54) is 0 Å². The van der Waals surface area contributed by atoms with E-state index in [1.807, 2.05) is 6.92 Å². The van der Waals surface area contributed by atoms with Crippen LogP contribution in [0.2, 0.25) is 0 Å². The summed E-state index contributed by atoms with van der Waals surface area (Å²) in [5.41, 5.74) is 0. The van der Waals surface area contributed by atoms with E-state index in [2.05, 4.69) is 4.99 Å². The smallest absolute Gasteiger partial charge is 0.303 e. The normalized spacial score (nSPS) is 21.8. The number of nitrogens with zero attached hydrogens (tertiary/aromatic N) is 1. The van der Waals surface area contributed by atoms with Gasteiger partial charge in [0.15, 0.2) is 5.90 Å². The molecule has 0 aromatic rings. The molecule has 0 bridgehead atoms. The predicted molar refractivity (Wildman–Crippen MR) is 44.3 cm³/mol. The van der Waals surface area contributed by atoms with Gasteiger partial charge in [0.25, 0.3) is 0 Å². The molecule has 0 aromatic carbocycles. The lowest BCUT2D eigenvalue weighted by Crippen LogP contribution is -2.14. The lowest BCUT2D eigenvalue weighted by atomic mass is 10.2. The van der Waals surface area contributed by atoms with Gasteiger partial charge in [-0.05, 0) is 6.42 Å². The molecule has 4 heteroatoms. The number of carboxylic acid groups (broad SMARTS) is 1. The van der Waals surface area contributed by atoms with Crippen LogP contribution in [0, 0.1) is 0 Å². The van der Waals surface area contributed by atoms with E-state index in [0.29, 0.717) is 13.0 Å². The SMILES string of the molecule is CCC1=NCC(CCC(=O)O)O1. The molecule has 1 aliphatic heterocycles. The van der Waals surface area contributed by atoms with E-state index in [4.69, 9.17) is 9.84 Å². The number of hydrogen-bond acceptors (Lipinski definition) is 3. The van der Waals surface area contributed by atoms with Gasteiger partial charge in [0.2, 0.25) is 0 Å². The van der Waals surface area contributed by atoms with Gasteiger partial charge in [-0.2, -0.15) is 0 Å². The Hall–Kier alpha value is -1.06. The molecule has 1 aliphatic rings. The van der Waals surface area contributed by atoms with Crippen LogP contribution < -0.4 is 0 Å². The van der Waals surface area contributed by atoms with Crippen LogP contribution in [0.5, 0.6) is 0 Å². The number of rotatable bonds is 4. The van der Waals surface area contributed by atoms with Gasteiger partial charge in [-0.3, -0.25) is 9.79 Å². The zero-order valence-electron chi connectivity index (χ0n) is 7.12. The highest BCUT2D eigenvalue weighted by atomic mass is 16.5. The molecule has 0 fully saturated rings. The maximum atomic E-state index is 10.2. The van der Waals surface area contributed by atoms with E-state index in [-0.39, 0.29) is 12.5 Å². The van der Waals surface area contributed by atoms with Crippen molar-refractivity contribution in [1.82, 2.24) is 0 Å². The topological polar surface area (TPSA) is 58.9 Å². The molecule has 68 valence electrons. The van der Waals surface area contributed by atoms with Crippen molar-refractivity contribution in [2.24, 2.45) is 4.99 Å². The summed E-state index contributed by atoms with van der Waals surface area (Å²) in [6.45, 7) is 2.59. The molecular formula is C8H13NO3. The number of hydrogen-bond donors (Lipinski definition) is 1. The quantitative estimate of drug-likeness (QED) is 0.688. The predicted octanol–water partition coefficient (Wildman–Crippen LogP) is 1.06. The summed E-state index contributed by atoms with van der Waals surface area (Å²) in [5, 5.41) is 8.40. The molecule has 0 aromatic heterocycles. The molecule has 1 unspecified atom stereocenters. The average molecular weight is 171 g/mol. The first-order valence-electron chi connectivity index (χ1n) is 4.14. The minimum atomic E-state index is -0.774. The Morgan fingerprint density at radius 1 is 1.83 bits per heavy atom. The lowest BCUT2D eigenvalue weighted by molar-refractivity contribution is -0.137. The molecule has 1 heterocycles. The van der Waals surface area contributed by atoms with Crippen molar-refractivity contribution in [3.63, 3.8) is 0 Å². The fourth-order valence-corrected chi connectivity index (χ4v) is 1.10. The first-order valence-corrected chi connectivity index (χ1v) is 4.14. The molecule has 0 spiro atoms. The van der Waals surface area contributed by atoms with Crippen molar-refractivity contribution in [2.75, 3.05) is 6.54 Å². The molecular weight excluding hydrogens is 158 g/mol. The van der Waals surface area contributed by atoms with Gasteiger partial charge in [-0.25, -0.2) is 0 Å². The maximum absolute atomic E-state index is 10.2. The van der Waals surface area contributed by atoms with Crippen LogP contribution in [0.1, 0.15) is 26.2 Å². The minimum absolute atomic E-state index is 0.00366. The summed E-state index contributed by atoms with van der Waals surface area (Å²) in [7, 11) is 0. The monoisotopic (exact) mass is 171 g/mol. The second kappa shape index (κ2) is 4.09. The number of carbonyl (C=O) groups is 1. The molecule has 0 saturated heterocycles. The Morgan fingerprint density at radius 2 is 2.58 bits per heavy atom. The summed E-state index contributed by atoms with van der Waals surface area (Å²) in [5.74, 6) is -0.0195.